The van der Waals surface area contributed by atoms with E-state index < -0.39 is 0 Å². The van der Waals surface area contributed by atoms with Crippen molar-refractivity contribution in [3.8, 4) is 0 Å². The summed E-state index contributed by atoms with van der Waals surface area (Å²) < 4.78 is 5.17. The van der Waals surface area contributed by atoms with Crippen LogP contribution in [0.2, 0.25) is 0 Å². The van der Waals surface area contributed by atoms with Gasteiger partial charge in [0.15, 0.2) is 5.82 Å². The summed E-state index contributed by atoms with van der Waals surface area (Å²) in [5.41, 5.74) is -0.157. The molecule has 118 valence electrons. The molecular formula is C14H19N5O2S. The van der Waals surface area contributed by atoms with E-state index in [1.54, 1.807) is 0 Å². The first kappa shape index (κ1) is 15.1. The second kappa shape index (κ2) is 5.75. The summed E-state index contributed by atoms with van der Waals surface area (Å²) in [6, 6.07) is 0. The molecule has 0 aliphatic heterocycles. The average molecular weight is 321 g/mol. The maximum atomic E-state index is 11.9. The fourth-order valence-corrected chi connectivity index (χ4v) is 2.77. The Hall–Kier alpha value is -1.83. The van der Waals surface area contributed by atoms with E-state index in [1.807, 2.05) is 20.8 Å². The van der Waals surface area contributed by atoms with Crippen LogP contribution in [0.25, 0.3) is 0 Å². The topological polar surface area (TPSA) is 93.8 Å². The molecule has 1 aliphatic carbocycles. The van der Waals surface area contributed by atoms with Gasteiger partial charge < -0.3 is 9.84 Å². The number of amides is 1. The Morgan fingerprint density at radius 1 is 1.36 bits per heavy atom. The van der Waals surface area contributed by atoms with E-state index >= 15 is 0 Å². The fraction of sp³-hybridized carbons (Fsp3) is 0.643. The molecule has 0 aromatic carbocycles. The molecule has 8 heteroatoms. The Kier molecular flexibility index (Phi) is 3.94. The average Bonchev–Trinajstić information content (AvgIpc) is 2.99. The standard InChI is InChI=1S/C14H19N5O2S/c1-14(2,3)12-16-10(21-19-12)7-6-9(20)15-13-18-17-11(22-13)8-4-5-8/h8H,4-7H2,1-3H3,(H,15,18,20). The number of rotatable bonds is 5. The molecule has 3 rings (SSSR count). The van der Waals surface area contributed by atoms with Gasteiger partial charge >= 0.3 is 0 Å². The molecule has 1 aliphatic rings. The van der Waals surface area contributed by atoms with Gasteiger partial charge in [0.25, 0.3) is 0 Å². The quantitative estimate of drug-likeness (QED) is 0.910. The van der Waals surface area contributed by atoms with Gasteiger partial charge in [0.1, 0.15) is 5.01 Å². The van der Waals surface area contributed by atoms with Crippen molar-refractivity contribution in [3.63, 3.8) is 0 Å². The van der Waals surface area contributed by atoms with Crippen molar-refractivity contribution in [2.75, 3.05) is 5.32 Å². The molecule has 0 saturated heterocycles. The number of nitrogens with one attached hydrogen (secondary N) is 1. The minimum absolute atomic E-state index is 0.117. The van der Waals surface area contributed by atoms with E-state index in [2.05, 4.69) is 25.7 Å². The lowest BCUT2D eigenvalue weighted by molar-refractivity contribution is -0.116. The predicted molar refractivity (Wildman–Crippen MR) is 81.8 cm³/mol. The van der Waals surface area contributed by atoms with Crippen molar-refractivity contribution in [1.82, 2.24) is 20.3 Å². The molecule has 0 atom stereocenters. The number of aromatic nitrogens is 4. The van der Waals surface area contributed by atoms with Crippen LogP contribution in [-0.2, 0) is 16.6 Å². The van der Waals surface area contributed by atoms with Crippen LogP contribution in [0.1, 0.15) is 62.7 Å². The van der Waals surface area contributed by atoms with Crippen LogP contribution in [0.5, 0.6) is 0 Å². The van der Waals surface area contributed by atoms with Crippen LogP contribution < -0.4 is 5.32 Å². The molecule has 2 aromatic heterocycles. The highest BCUT2D eigenvalue weighted by molar-refractivity contribution is 7.15. The van der Waals surface area contributed by atoms with E-state index in [9.17, 15) is 4.79 Å². The number of carbonyl (C=O) groups excluding carboxylic acids is 1. The van der Waals surface area contributed by atoms with Crippen molar-refractivity contribution >= 4 is 22.4 Å². The summed E-state index contributed by atoms with van der Waals surface area (Å²) in [7, 11) is 0. The number of carbonyl (C=O) groups is 1. The lowest BCUT2D eigenvalue weighted by Gasteiger charge is -2.10. The Labute approximate surface area is 132 Å². The molecule has 0 unspecified atom stereocenters. The van der Waals surface area contributed by atoms with Crippen LogP contribution in [-0.4, -0.2) is 26.2 Å². The predicted octanol–water partition coefficient (Wildman–Crippen LogP) is 2.67. The first-order valence-corrected chi connectivity index (χ1v) is 8.20. The van der Waals surface area contributed by atoms with Crippen LogP contribution in [0.15, 0.2) is 4.52 Å². The molecule has 1 N–H and O–H groups in total. The number of aryl methyl sites for hydroxylation is 1. The lowest BCUT2D eigenvalue weighted by atomic mass is 9.96. The molecule has 2 heterocycles. The number of hydrogen-bond acceptors (Lipinski definition) is 7. The Morgan fingerprint density at radius 3 is 2.77 bits per heavy atom. The van der Waals surface area contributed by atoms with Crippen molar-refractivity contribution in [2.45, 2.75) is 57.8 Å². The van der Waals surface area contributed by atoms with E-state index in [0.29, 0.717) is 29.2 Å². The van der Waals surface area contributed by atoms with Gasteiger partial charge in [-0.15, -0.1) is 10.2 Å². The highest BCUT2D eigenvalue weighted by atomic mass is 32.1. The molecule has 1 amide bonds. The van der Waals surface area contributed by atoms with Gasteiger partial charge in [0.05, 0.1) is 0 Å². The van der Waals surface area contributed by atoms with Crippen LogP contribution >= 0.6 is 11.3 Å². The highest BCUT2D eigenvalue weighted by Gasteiger charge is 2.27. The normalized spacial score (nSPS) is 15.0. The van der Waals surface area contributed by atoms with E-state index in [4.69, 9.17) is 4.52 Å². The third kappa shape index (κ3) is 3.68. The maximum absolute atomic E-state index is 11.9. The van der Waals surface area contributed by atoms with Crippen molar-refractivity contribution in [3.05, 3.63) is 16.7 Å². The van der Waals surface area contributed by atoms with Crippen molar-refractivity contribution in [2.24, 2.45) is 0 Å². The Balaban J connectivity index is 1.50. The monoisotopic (exact) mass is 321 g/mol. The van der Waals surface area contributed by atoms with Crippen LogP contribution in [0.4, 0.5) is 5.13 Å². The van der Waals surface area contributed by atoms with E-state index in [0.717, 1.165) is 5.01 Å². The SMILES string of the molecule is CC(C)(C)c1noc(CCC(=O)Nc2nnc(C3CC3)s2)n1. The summed E-state index contributed by atoms with van der Waals surface area (Å²) in [4.78, 5) is 16.2. The molecule has 22 heavy (non-hydrogen) atoms. The third-order valence-corrected chi connectivity index (χ3v) is 4.32. The molecule has 0 bridgehead atoms. The van der Waals surface area contributed by atoms with Gasteiger partial charge in [-0.25, -0.2) is 0 Å². The zero-order chi connectivity index (χ0) is 15.7. The summed E-state index contributed by atoms with van der Waals surface area (Å²) in [5.74, 6) is 1.57. The first-order chi connectivity index (χ1) is 10.4. The second-order valence-electron chi connectivity index (χ2n) is 6.53. The van der Waals surface area contributed by atoms with Crippen molar-refractivity contribution < 1.29 is 9.32 Å². The molecule has 1 saturated carbocycles. The van der Waals surface area contributed by atoms with E-state index in [1.165, 1.54) is 24.2 Å². The molecule has 0 spiro atoms. The molecule has 2 aromatic rings. The molecular weight excluding hydrogens is 302 g/mol. The zero-order valence-corrected chi connectivity index (χ0v) is 13.7. The first-order valence-electron chi connectivity index (χ1n) is 7.38. The minimum Gasteiger partial charge on any atom is -0.339 e. The summed E-state index contributed by atoms with van der Waals surface area (Å²) in [6.45, 7) is 6.05. The van der Waals surface area contributed by atoms with E-state index in [-0.39, 0.29) is 17.7 Å². The van der Waals surface area contributed by atoms with Crippen LogP contribution in [0.3, 0.4) is 0 Å². The molecule has 1 fully saturated rings. The third-order valence-electron chi connectivity index (χ3n) is 3.32. The van der Waals surface area contributed by atoms with Gasteiger partial charge in [-0.05, 0) is 12.8 Å². The molecule has 7 nitrogen and oxygen atoms in total. The smallest absolute Gasteiger partial charge is 0.227 e. The minimum atomic E-state index is -0.157. The number of nitrogens with zero attached hydrogens (tertiary/aromatic N) is 4. The second-order valence-corrected chi connectivity index (χ2v) is 7.54. The summed E-state index contributed by atoms with van der Waals surface area (Å²) in [6.07, 6.45) is 3.05. The number of anilines is 1. The Bertz CT molecular complexity index is 669. The largest absolute Gasteiger partial charge is 0.339 e. The Morgan fingerprint density at radius 2 is 2.14 bits per heavy atom. The molecule has 0 radical (unpaired) electrons. The highest BCUT2D eigenvalue weighted by Crippen LogP contribution is 2.42. The van der Waals surface area contributed by atoms with Gasteiger partial charge in [0, 0.05) is 24.2 Å². The summed E-state index contributed by atoms with van der Waals surface area (Å²) in [5, 5.41) is 16.4. The van der Waals surface area contributed by atoms with Gasteiger partial charge in [-0.2, -0.15) is 4.98 Å². The van der Waals surface area contributed by atoms with Gasteiger partial charge in [-0.3, -0.25) is 4.79 Å². The van der Waals surface area contributed by atoms with Crippen molar-refractivity contribution in [1.29, 1.82) is 0 Å². The zero-order valence-electron chi connectivity index (χ0n) is 12.9. The lowest BCUT2D eigenvalue weighted by Crippen LogP contribution is -2.14. The number of hydrogen-bond donors (Lipinski definition) is 1. The van der Waals surface area contributed by atoms with Gasteiger partial charge in [0.2, 0.25) is 16.9 Å². The van der Waals surface area contributed by atoms with Crippen LogP contribution in [0, 0.1) is 0 Å². The van der Waals surface area contributed by atoms with Gasteiger partial charge in [-0.1, -0.05) is 37.3 Å². The summed E-state index contributed by atoms with van der Waals surface area (Å²) >= 11 is 1.46. The maximum Gasteiger partial charge on any atom is 0.227 e. The fourth-order valence-electron chi connectivity index (χ4n) is 1.84.